The summed E-state index contributed by atoms with van der Waals surface area (Å²) in [4.78, 5) is 0.416. The molecule has 1 fully saturated rings. The lowest BCUT2D eigenvalue weighted by atomic mass is 10.0. The summed E-state index contributed by atoms with van der Waals surface area (Å²) in [5, 5.41) is 3.27. The molecule has 21 heavy (non-hydrogen) atoms. The lowest BCUT2D eigenvalue weighted by Gasteiger charge is -2.21. The Morgan fingerprint density at radius 3 is 3.05 bits per heavy atom. The first-order valence-electron chi connectivity index (χ1n) is 7.55. The van der Waals surface area contributed by atoms with E-state index in [-0.39, 0.29) is 12.0 Å². The predicted molar refractivity (Wildman–Crippen MR) is 82.0 cm³/mol. The largest absolute Gasteiger partial charge is 0.385 e. The Hall–Kier alpha value is -1.11. The summed E-state index contributed by atoms with van der Waals surface area (Å²) in [5.41, 5.74) is 1.86. The monoisotopic (exact) mass is 310 g/mol. The van der Waals surface area contributed by atoms with Crippen LogP contribution < -0.4 is 10.0 Å². The third-order valence-corrected chi connectivity index (χ3v) is 5.92. The van der Waals surface area contributed by atoms with Crippen molar-refractivity contribution in [2.24, 2.45) is 5.92 Å². The van der Waals surface area contributed by atoms with E-state index >= 15 is 0 Å². The van der Waals surface area contributed by atoms with Gasteiger partial charge in [0.25, 0.3) is 0 Å². The second-order valence-electron chi connectivity index (χ2n) is 5.79. The summed E-state index contributed by atoms with van der Waals surface area (Å²) >= 11 is 0. The highest BCUT2D eigenvalue weighted by Crippen LogP contribution is 2.28. The minimum Gasteiger partial charge on any atom is -0.385 e. The molecule has 2 atom stereocenters. The van der Waals surface area contributed by atoms with Gasteiger partial charge < -0.3 is 10.1 Å². The lowest BCUT2D eigenvalue weighted by Crippen LogP contribution is -2.33. The molecule has 0 saturated carbocycles. The fourth-order valence-electron chi connectivity index (χ4n) is 3.07. The number of rotatable bonds is 4. The number of anilines is 1. The molecule has 1 saturated heterocycles. The fourth-order valence-corrected chi connectivity index (χ4v) is 4.45. The van der Waals surface area contributed by atoms with E-state index in [4.69, 9.17) is 4.74 Å². The smallest absolute Gasteiger partial charge is 0.240 e. The number of sulfonamides is 1. The van der Waals surface area contributed by atoms with Crippen LogP contribution in [0.5, 0.6) is 0 Å². The average Bonchev–Trinajstić information content (AvgIpc) is 2.90. The molecule has 2 aliphatic heterocycles. The summed E-state index contributed by atoms with van der Waals surface area (Å²) in [6.45, 7) is 4.07. The molecule has 5 nitrogen and oxygen atoms in total. The van der Waals surface area contributed by atoms with Crippen LogP contribution in [0.1, 0.15) is 25.3 Å². The SMILES string of the molecule is CC1OCCC1CNS(=O)(=O)c1cccc2c1CCCN2. The Morgan fingerprint density at radius 2 is 2.29 bits per heavy atom. The normalized spacial score (nSPS) is 25.4. The van der Waals surface area contributed by atoms with E-state index in [1.165, 1.54) is 0 Å². The van der Waals surface area contributed by atoms with Gasteiger partial charge in [0.1, 0.15) is 0 Å². The van der Waals surface area contributed by atoms with Crippen molar-refractivity contribution in [3.63, 3.8) is 0 Å². The minimum absolute atomic E-state index is 0.124. The summed E-state index contributed by atoms with van der Waals surface area (Å²) in [6.07, 6.45) is 2.81. The number of benzene rings is 1. The number of hydrogen-bond donors (Lipinski definition) is 2. The molecule has 2 N–H and O–H groups in total. The Kier molecular flexibility index (Phi) is 4.19. The third-order valence-electron chi connectivity index (χ3n) is 4.41. The van der Waals surface area contributed by atoms with Crippen LogP contribution >= 0.6 is 0 Å². The molecule has 1 aromatic rings. The van der Waals surface area contributed by atoms with Crippen LogP contribution in [0.3, 0.4) is 0 Å². The first-order valence-corrected chi connectivity index (χ1v) is 9.03. The van der Waals surface area contributed by atoms with Gasteiger partial charge in [0.2, 0.25) is 10.0 Å². The van der Waals surface area contributed by atoms with Crippen molar-refractivity contribution in [1.82, 2.24) is 4.72 Å². The zero-order valence-electron chi connectivity index (χ0n) is 12.3. The molecule has 0 bridgehead atoms. The van der Waals surface area contributed by atoms with E-state index in [9.17, 15) is 8.42 Å². The molecular weight excluding hydrogens is 288 g/mol. The van der Waals surface area contributed by atoms with Crippen LogP contribution in [0.4, 0.5) is 5.69 Å². The molecular formula is C15H22N2O3S. The first-order chi connectivity index (χ1) is 10.1. The van der Waals surface area contributed by atoms with Gasteiger partial charge in [0.15, 0.2) is 0 Å². The molecule has 2 aliphatic rings. The van der Waals surface area contributed by atoms with Crippen molar-refractivity contribution in [1.29, 1.82) is 0 Å². The van der Waals surface area contributed by atoms with Crippen LogP contribution in [0.2, 0.25) is 0 Å². The van der Waals surface area contributed by atoms with Crippen LogP contribution in [0.15, 0.2) is 23.1 Å². The van der Waals surface area contributed by atoms with E-state index in [1.54, 1.807) is 12.1 Å². The van der Waals surface area contributed by atoms with Crippen molar-refractivity contribution < 1.29 is 13.2 Å². The molecule has 2 unspecified atom stereocenters. The summed E-state index contributed by atoms with van der Waals surface area (Å²) in [7, 11) is -3.46. The Morgan fingerprint density at radius 1 is 1.43 bits per heavy atom. The molecule has 6 heteroatoms. The van der Waals surface area contributed by atoms with Gasteiger partial charge in [-0.25, -0.2) is 13.1 Å². The van der Waals surface area contributed by atoms with Crippen molar-refractivity contribution >= 4 is 15.7 Å². The maximum absolute atomic E-state index is 12.6. The summed E-state index contributed by atoms with van der Waals surface area (Å²) in [6, 6.07) is 5.44. The second kappa shape index (κ2) is 5.94. The molecule has 116 valence electrons. The van der Waals surface area contributed by atoms with Gasteiger partial charge >= 0.3 is 0 Å². The van der Waals surface area contributed by atoms with Crippen molar-refractivity contribution in [3.05, 3.63) is 23.8 Å². The van der Waals surface area contributed by atoms with Gasteiger partial charge in [-0.2, -0.15) is 0 Å². The van der Waals surface area contributed by atoms with Crippen molar-refractivity contribution in [3.8, 4) is 0 Å². The molecule has 0 radical (unpaired) electrons. The lowest BCUT2D eigenvalue weighted by molar-refractivity contribution is 0.107. The standard InChI is InChI=1S/C15H22N2O3S/c1-11-12(7-9-20-11)10-17-21(18,19)15-6-2-5-14-13(15)4-3-8-16-14/h2,5-6,11-12,16-17H,3-4,7-10H2,1H3. The van der Waals surface area contributed by atoms with E-state index in [2.05, 4.69) is 10.0 Å². The quantitative estimate of drug-likeness (QED) is 0.889. The highest BCUT2D eigenvalue weighted by atomic mass is 32.2. The van der Waals surface area contributed by atoms with Crippen molar-refractivity contribution in [2.45, 2.75) is 37.2 Å². The van der Waals surface area contributed by atoms with Crippen LogP contribution in [0, 0.1) is 5.92 Å². The Bertz CT molecular complexity index is 615. The molecule has 1 aromatic carbocycles. The number of ether oxygens (including phenoxy) is 1. The van der Waals surface area contributed by atoms with Gasteiger partial charge in [-0.15, -0.1) is 0 Å². The van der Waals surface area contributed by atoms with Gasteiger partial charge in [-0.1, -0.05) is 6.07 Å². The van der Waals surface area contributed by atoms with E-state index in [0.717, 1.165) is 43.7 Å². The van der Waals surface area contributed by atoms with Gasteiger partial charge in [0.05, 0.1) is 11.0 Å². The van der Waals surface area contributed by atoms with Crippen LogP contribution in [-0.4, -0.2) is 34.2 Å². The Labute approximate surface area is 126 Å². The maximum Gasteiger partial charge on any atom is 0.240 e. The van der Waals surface area contributed by atoms with Crippen LogP contribution in [-0.2, 0) is 21.2 Å². The van der Waals surface area contributed by atoms with Gasteiger partial charge in [0, 0.05) is 31.3 Å². The highest BCUT2D eigenvalue weighted by molar-refractivity contribution is 7.89. The summed E-state index contributed by atoms with van der Waals surface area (Å²) < 4.78 is 33.4. The average molecular weight is 310 g/mol. The molecule has 3 rings (SSSR count). The highest BCUT2D eigenvalue weighted by Gasteiger charge is 2.27. The van der Waals surface area contributed by atoms with Crippen LogP contribution in [0.25, 0.3) is 0 Å². The molecule has 0 amide bonds. The zero-order chi connectivity index (χ0) is 14.9. The first kappa shape index (κ1) is 14.8. The van der Waals surface area contributed by atoms with Gasteiger partial charge in [-0.3, -0.25) is 0 Å². The third kappa shape index (κ3) is 3.07. The molecule has 2 heterocycles. The number of fused-ring (bicyclic) bond motifs is 1. The molecule has 0 aromatic heterocycles. The molecule has 0 spiro atoms. The van der Waals surface area contributed by atoms with E-state index in [1.807, 2.05) is 13.0 Å². The van der Waals surface area contributed by atoms with Crippen molar-refractivity contribution in [2.75, 3.05) is 25.0 Å². The number of hydrogen-bond acceptors (Lipinski definition) is 4. The molecule has 0 aliphatic carbocycles. The van der Waals surface area contributed by atoms with E-state index in [0.29, 0.717) is 11.4 Å². The van der Waals surface area contributed by atoms with E-state index < -0.39 is 10.0 Å². The predicted octanol–water partition coefficient (Wildman–Crippen LogP) is 1.75. The topological polar surface area (TPSA) is 67.4 Å². The Balaban J connectivity index is 1.78. The summed E-state index contributed by atoms with van der Waals surface area (Å²) in [5.74, 6) is 0.262. The minimum atomic E-state index is -3.46. The zero-order valence-corrected chi connectivity index (χ0v) is 13.1. The number of nitrogens with one attached hydrogen (secondary N) is 2. The second-order valence-corrected chi connectivity index (χ2v) is 7.52. The maximum atomic E-state index is 12.6. The fraction of sp³-hybridized carbons (Fsp3) is 0.600. The van der Waals surface area contributed by atoms with Gasteiger partial charge in [-0.05, 0) is 43.9 Å².